The van der Waals surface area contributed by atoms with Crippen LogP contribution in [0.25, 0.3) is 0 Å². The Hall–Kier alpha value is -3.16. The van der Waals surface area contributed by atoms with Crippen LogP contribution in [0.1, 0.15) is 40.6 Å². The minimum Gasteiger partial charge on any atom is -0.480 e. The van der Waals surface area contributed by atoms with Crippen molar-refractivity contribution in [1.29, 1.82) is 0 Å². The van der Waals surface area contributed by atoms with Gasteiger partial charge in [-0.25, -0.2) is 0 Å². The molecule has 2 aromatic rings. The molecule has 2 amide bonds. The molecule has 0 spiro atoms. The first-order chi connectivity index (χ1) is 12.0. The summed E-state index contributed by atoms with van der Waals surface area (Å²) in [5.41, 5.74) is 2.08. The van der Waals surface area contributed by atoms with E-state index in [1.54, 1.807) is 30.3 Å². The highest BCUT2D eigenvalue weighted by molar-refractivity contribution is 6.02. The predicted octanol–water partition coefficient (Wildman–Crippen LogP) is 1.55. The molecule has 1 saturated carbocycles. The quantitative estimate of drug-likeness (QED) is 0.701. The Morgan fingerprint density at radius 2 is 1.92 bits per heavy atom. The molecular weight excluding hydrogens is 326 g/mol. The second-order valence-electron chi connectivity index (χ2n) is 5.89. The van der Waals surface area contributed by atoms with E-state index < -0.39 is 12.5 Å². The number of carboxylic acid groups (broad SMARTS) is 1. The molecule has 130 valence electrons. The summed E-state index contributed by atoms with van der Waals surface area (Å²) in [4.78, 5) is 34.1. The average molecular weight is 343 g/mol. The number of anilines is 1. The van der Waals surface area contributed by atoms with Crippen LogP contribution in [0.4, 0.5) is 5.69 Å². The zero-order valence-electron chi connectivity index (χ0n) is 13.3. The summed E-state index contributed by atoms with van der Waals surface area (Å²) >= 11 is 0. The lowest BCUT2D eigenvalue weighted by atomic mass is 10.1. The Kier molecular flexibility index (Phi) is 4.78. The average Bonchev–Trinajstić information content (AvgIpc) is 3.31. The number of aliphatic carboxylic acids is 1. The van der Waals surface area contributed by atoms with E-state index in [9.17, 15) is 14.4 Å². The van der Waals surface area contributed by atoms with Gasteiger partial charge in [-0.1, -0.05) is 17.3 Å². The smallest absolute Gasteiger partial charge is 0.322 e. The summed E-state index contributed by atoms with van der Waals surface area (Å²) in [6, 6.07) is 8.36. The molecule has 3 N–H and O–H groups in total. The summed E-state index contributed by atoms with van der Waals surface area (Å²) in [6.07, 6.45) is 2.22. The van der Waals surface area contributed by atoms with E-state index in [1.807, 2.05) is 0 Å². The number of nitrogens with one attached hydrogen (secondary N) is 2. The molecule has 8 heteroatoms. The van der Waals surface area contributed by atoms with Crippen LogP contribution in [0.2, 0.25) is 0 Å². The highest BCUT2D eigenvalue weighted by Crippen LogP contribution is 2.39. The maximum absolute atomic E-state index is 12.1. The molecule has 0 saturated heterocycles. The number of carbonyl (C=O) groups excluding carboxylic acids is 2. The van der Waals surface area contributed by atoms with Crippen molar-refractivity contribution in [1.82, 2.24) is 10.5 Å². The highest BCUT2D eigenvalue weighted by Gasteiger charge is 2.28. The van der Waals surface area contributed by atoms with E-state index in [-0.39, 0.29) is 24.0 Å². The molecule has 1 aromatic heterocycles. The number of amides is 2. The van der Waals surface area contributed by atoms with E-state index in [1.165, 1.54) is 0 Å². The van der Waals surface area contributed by atoms with Crippen LogP contribution in [0.3, 0.4) is 0 Å². The van der Waals surface area contributed by atoms with E-state index in [2.05, 4.69) is 15.8 Å². The van der Waals surface area contributed by atoms with Gasteiger partial charge in [0.15, 0.2) is 0 Å². The number of carboxylic acids is 1. The summed E-state index contributed by atoms with van der Waals surface area (Å²) in [5.74, 6) is -1.28. The van der Waals surface area contributed by atoms with Crippen molar-refractivity contribution in [3.8, 4) is 0 Å². The van der Waals surface area contributed by atoms with Crippen LogP contribution in [0, 0.1) is 0 Å². The molecular formula is C17H17N3O5. The normalized spacial score (nSPS) is 13.3. The minimum atomic E-state index is -1.09. The molecule has 0 unspecified atom stereocenters. The van der Waals surface area contributed by atoms with Crippen molar-refractivity contribution >= 4 is 23.5 Å². The molecule has 3 rings (SSSR count). The lowest BCUT2D eigenvalue weighted by Gasteiger charge is -2.05. The first kappa shape index (κ1) is 16.7. The molecule has 25 heavy (non-hydrogen) atoms. The molecule has 0 aliphatic heterocycles. The van der Waals surface area contributed by atoms with Crippen LogP contribution in [0.15, 0.2) is 34.9 Å². The molecule has 8 nitrogen and oxygen atoms in total. The van der Waals surface area contributed by atoms with Gasteiger partial charge in [-0.2, -0.15) is 0 Å². The molecule has 1 aliphatic carbocycles. The van der Waals surface area contributed by atoms with E-state index in [0.717, 1.165) is 18.5 Å². The summed E-state index contributed by atoms with van der Waals surface area (Å²) in [5, 5.41) is 17.4. The van der Waals surface area contributed by atoms with Crippen molar-refractivity contribution in [2.75, 3.05) is 11.9 Å². The van der Waals surface area contributed by atoms with Crippen molar-refractivity contribution in [3.05, 3.63) is 47.3 Å². The summed E-state index contributed by atoms with van der Waals surface area (Å²) < 4.78 is 5.06. The Labute approximate surface area is 143 Å². The van der Waals surface area contributed by atoms with Gasteiger partial charge in [-0.3, -0.25) is 14.4 Å². The summed E-state index contributed by atoms with van der Waals surface area (Å²) in [7, 11) is 0. The fourth-order valence-electron chi connectivity index (χ4n) is 2.29. The zero-order chi connectivity index (χ0) is 17.8. The standard InChI is InChI=1S/C17H17N3O5/c21-15(18-9-16(22)23)7-10-1-5-12(6-2-10)19-17(24)14-8-13(20-25-14)11-3-4-11/h1-2,5-6,8,11H,3-4,7,9H2,(H,18,21)(H,19,24)(H,22,23). The molecule has 0 bridgehead atoms. The highest BCUT2D eigenvalue weighted by atomic mass is 16.5. The second kappa shape index (κ2) is 7.16. The van der Waals surface area contributed by atoms with Crippen molar-refractivity contribution in [2.45, 2.75) is 25.2 Å². The largest absolute Gasteiger partial charge is 0.480 e. The SMILES string of the molecule is O=C(O)CNC(=O)Cc1ccc(NC(=O)c2cc(C3CC3)no2)cc1. The Balaban J connectivity index is 1.53. The second-order valence-corrected chi connectivity index (χ2v) is 5.89. The number of hydrogen-bond donors (Lipinski definition) is 3. The Morgan fingerprint density at radius 1 is 1.20 bits per heavy atom. The number of nitrogens with zero attached hydrogens (tertiary/aromatic N) is 1. The van der Waals surface area contributed by atoms with Crippen molar-refractivity contribution < 1.29 is 24.0 Å². The first-order valence-corrected chi connectivity index (χ1v) is 7.86. The lowest BCUT2D eigenvalue weighted by molar-refractivity contribution is -0.137. The van der Waals surface area contributed by atoms with Gasteiger partial charge in [0.05, 0.1) is 12.1 Å². The molecule has 1 aliphatic rings. The van der Waals surface area contributed by atoms with Gasteiger partial charge in [0.2, 0.25) is 11.7 Å². The monoisotopic (exact) mass is 343 g/mol. The fraction of sp³-hybridized carbons (Fsp3) is 0.294. The summed E-state index contributed by atoms with van der Waals surface area (Å²) in [6.45, 7) is -0.410. The minimum absolute atomic E-state index is 0.0638. The van der Waals surface area contributed by atoms with Gasteiger partial charge in [0.1, 0.15) is 6.54 Å². The van der Waals surface area contributed by atoms with Crippen molar-refractivity contribution in [3.63, 3.8) is 0 Å². The van der Waals surface area contributed by atoms with Crippen LogP contribution >= 0.6 is 0 Å². The number of aromatic nitrogens is 1. The maximum atomic E-state index is 12.1. The number of rotatable bonds is 7. The van der Waals surface area contributed by atoms with Gasteiger partial charge >= 0.3 is 5.97 Å². The molecule has 1 fully saturated rings. The van der Waals surface area contributed by atoms with E-state index >= 15 is 0 Å². The zero-order valence-corrected chi connectivity index (χ0v) is 13.3. The van der Waals surface area contributed by atoms with Crippen LogP contribution < -0.4 is 10.6 Å². The van der Waals surface area contributed by atoms with E-state index in [4.69, 9.17) is 9.63 Å². The van der Waals surface area contributed by atoms with Gasteiger partial charge in [-0.05, 0) is 30.5 Å². The lowest BCUT2D eigenvalue weighted by Crippen LogP contribution is -2.30. The molecule has 1 aromatic carbocycles. The predicted molar refractivity (Wildman–Crippen MR) is 87.2 cm³/mol. The first-order valence-electron chi connectivity index (χ1n) is 7.86. The van der Waals surface area contributed by atoms with E-state index in [0.29, 0.717) is 17.2 Å². The Bertz CT molecular complexity index is 793. The van der Waals surface area contributed by atoms with Crippen molar-refractivity contribution in [2.24, 2.45) is 0 Å². The molecule has 1 heterocycles. The van der Waals surface area contributed by atoms with Crippen LogP contribution in [0.5, 0.6) is 0 Å². The van der Waals surface area contributed by atoms with Gasteiger partial charge in [0, 0.05) is 17.7 Å². The number of hydrogen-bond acceptors (Lipinski definition) is 5. The van der Waals surface area contributed by atoms with Crippen LogP contribution in [-0.2, 0) is 16.0 Å². The molecule has 0 radical (unpaired) electrons. The van der Waals surface area contributed by atoms with Gasteiger partial charge in [0.25, 0.3) is 5.91 Å². The van der Waals surface area contributed by atoms with Crippen LogP contribution in [-0.4, -0.2) is 34.6 Å². The third-order valence-electron chi connectivity index (χ3n) is 3.76. The third kappa shape index (κ3) is 4.66. The fourth-order valence-corrected chi connectivity index (χ4v) is 2.29. The topological polar surface area (TPSA) is 122 Å². The van der Waals surface area contributed by atoms with Gasteiger partial charge < -0.3 is 20.3 Å². The number of benzene rings is 1. The molecule has 0 atom stereocenters. The Morgan fingerprint density at radius 3 is 2.56 bits per heavy atom. The number of carbonyl (C=O) groups is 3. The third-order valence-corrected chi connectivity index (χ3v) is 3.76. The maximum Gasteiger partial charge on any atom is 0.322 e. The van der Waals surface area contributed by atoms with Gasteiger partial charge in [-0.15, -0.1) is 0 Å².